The van der Waals surface area contributed by atoms with Crippen LogP contribution in [-0.4, -0.2) is 48.4 Å². The van der Waals surface area contributed by atoms with Crippen LogP contribution in [0.4, 0.5) is 5.69 Å². The molecule has 0 bridgehead atoms. The van der Waals surface area contributed by atoms with Crippen molar-refractivity contribution in [2.75, 3.05) is 31.6 Å². The topological polar surface area (TPSA) is 71.0 Å². The standard InChI is InChI=1S/C18H24N2O4/c1-18(2)12-10-13(21)11-4-3-5-14(22)19-15(11)16(12)24-17(18)20-6-8-23-9-7-20/h10,17,21H,3-9H2,1-2H3,(H,19,22). The second-order valence-electron chi connectivity index (χ2n) is 7.37. The minimum absolute atomic E-state index is 0.0159. The summed E-state index contributed by atoms with van der Waals surface area (Å²) in [5.74, 6) is 0.961. The van der Waals surface area contributed by atoms with Gasteiger partial charge in [0.15, 0.2) is 6.23 Å². The number of phenols is 1. The molecule has 2 N–H and O–H groups in total. The van der Waals surface area contributed by atoms with Crippen LogP contribution in [0.1, 0.15) is 37.8 Å². The van der Waals surface area contributed by atoms with Crippen LogP contribution in [-0.2, 0) is 21.4 Å². The first-order valence-corrected chi connectivity index (χ1v) is 8.66. The molecule has 3 heterocycles. The number of amides is 1. The Morgan fingerprint density at radius 1 is 1.29 bits per heavy atom. The summed E-state index contributed by atoms with van der Waals surface area (Å²) in [6.07, 6.45) is 1.77. The molecule has 1 unspecified atom stereocenters. The highest BCUT2D eigenvalue weighted by Gasteiger charge is 2.47. The average Bonchev–Trinajstić information content (AvgIpc) is 2.70. The third kappa shape index (κ3) is 2.36. The molecule has 0 radical (unpaired) electrons. The zero-order valence-electron chi connectivity index (χ0n) is 14.2. The Balaban J connectivity index is 1.78. The maximum absolute atomic E-state index is 12.0. The van der Waals surface area contributed by atoms with E-state index in [-0.39, 0.29) is 23.3 Å². The minimum Gasteiger partial charge on any atom is -0.508 e. The lowest BCUT2D eigenvalue weighted by Crippen LogP contribution is -2.52. The van der Waals surface area contributed by atoms with E-state index in [4.69, 9.17) is 9.47 Å². The van der Waals surface area contributed by atoms with Crippen LogP contribution in [0.5, 0.6) is 11.5 Å². The Morgan fingerprint density at radius 2 is 2.04 bits per heavy atom. The van der Waals surface area contributed by atoms with Gasteiger partial charge in [0.1, 0.15) is 11.5 Å². The third-order valence-electron chi connectivity index (χ3n) is 5.38. The number of carbonyl (C=O) groups excluding carboxylic acids is 1. The molecule has 1 amide bonds. The zero-order chi connectivity index (χ0) is 16.9. The second kappa shape index (κ2) is 5.63. The fraction of sp³-hybridized carbons (Fsp3) is 0.611. The van der Waals surface area contributed by atoms with Crippen molar-refractivity contribution in [3.8, 4) is 11.5 Å². The SMILES string of the molecule is CC1(C)c2cc(O)c3c(c2OC1N1CCOCC1)NC(=O)CCC3. The van der Waals surface area contributed by atoms with E-state index < -0.39 is 0 Å². The Hall–Kier alpha value is -1.79. The molecule has 1 aromatic carbocycles. The summed E-state index contributed by atoms with van der Waals surface area (Å²) in [6, 6.07) is 1.83. The lowest BCUT2D eigenvalue weighted by atomic mass is 9.82. The average molecular weight is 332 g/mol. The van der Waals surface area contributed by atoms with Gasteiger partial charge in [0.25, 0.3) is 0 Å². The molecule has 6 heteroatoms. The maximum atomic E-state index is 12.0. The smallest absolute Gasteiger partial charge is 0.224 e. The lowest BCUT2D eigenvalue weighted by Gasteiger charge is -2.38. The van der Waals surface area contributed by atoms with Gasteiger partial charge in [0.2, 0.25) is 5.91 Å². The van der Waals surface area contributed by atoms with Gasteiger partial charge in [-0.1, -0.05) is 13.8 Å². The molecule has 24 heavy (non-hydrogen) atoms. The molecular weight excluding hydrogens is 308 g/mol. The van der Waals surface area contributed by atoms with Gasteiger partial charge in [-0.25, -0.2) is 0 Å². The van der Waals surface area contributed by atoms with Crippen molar-refractivity contribution in [2.45, 2.75) is 44.8 Å². The van der Waals surface area contributed by atoms with Crippen LogP contribution < -0.4 is 10.1 Å². The van der Waals surface area contributed by atoms with Gasteiger partial charge in [-0.3, -0.25) is 9.69 Å². The van der Waals surface area contributed by atoms with Gasteiger partial charge in [-0.15, -0.1) is 0 Å². The summed E-state index contributed by atoms with van der Waals surface area (Å²) in [7, 11) is 0. The first-order chi connectivity index (χ1) is 11.5. The van der Waals surface area contributed by atoms with Crippen molar-refractivity contribution in [2.24, 2.45) is 0 Å². The molecule has 130 valence electrons. The number of morpholine rings is 1. The molecule has 0 saturated carbocycles. The van der Waals surface area contributed by atoms with Crippen molar-refractivity contribution in [1.82, 2.24) is 4.90 Å². The van der Waals surface area contributed by atoms with Crippen LogP contribution in [0.2, 0.25) is 0 Å². The number of nitrogens with zero attached hydrogens (tertiary/aromatic N) is 1. The molecule has 1 atom stereocenters. The molecule has 1 fully saturated rings. The van der Waals surface area contributed by atoms with E-state index in [0.29, 0.717) is 31.7 Å². The van der Waals surface area contributed by atoms with Gasteiger partial charge in [0, 0.05) is 36.1 Å². The second-order valence-corrected chi connectivity index (χ2v) is 7.37. The van der Waals surface area contributed by atoms with Gasteiger partial charge in [-0.05, 0) is 18.9 Å². The summed E-state index contributed by atoms with van der Waals surface area (Å²) in [5.41, 5.74) is 2.13. The number of carbonyl (C=O) groups is 1. The normalized spacial score (nSPS) is 26.1. The number of phenolic OH excluding ortho intramolecular Hbond substituents is 1. The van der Waals surface area contributed by atoms with E-state index in [1.807, 2.05) is 6.07 Å². The number of rotatable bonds is 1. The first-order valence-electron chi connectivity index (χ1n) is 8.66. The van der Waals surface area contributed by atoms with Crippen LogP contribution in [0.25, 0.3) is 0 Å². The van der Waals surface area contributed by atoms with Crippen molar-refractivity contribution in [1.29, 1.82) is 0 Å². The minimum atomic E-state index is -0.282. The van der Waals surface area contributed by atoms with Crippen molar-refractivity contribution < 1.29 is 19.4 Å². The molecule has 3 aliphatic rings. The number of nitrogens with one attached hydrogen (secondary N) is 1. The van der Waals surface area contributed by atoms with Crippen LogP contribution >= 0.6 is 0 Å². The van der Waals surface area contributed by atoms with Crippen molar-refractivity contribution in [3.63, 3.8) is 0 Å². The van der Waals surface area contributed by atoms with E-state index in [9.17, 15) is 9.90 Å². The summed E-state index contributed by atoms with van der Waals surface area (Å²) in [6.45, 7) is 7.30. The van der Waals surface area contributed by atoms with Crippen LogP contribution in [0, 0.1) is 0 Å². The number of fused-ring (bicyclic) bond motifs is 3. The number of ether oxygens (including phenoxy) is 2. The highest BCUT2D eigenvalue weighted by atomic mass is 16.5. The van der Waals surface area contributed by atoms with E-state index in [2.05, 4.69) is 24.1 Å². The van der Waals surface area contributed by atoms with E-state index in [0.717, 1.165) is 36.4 Å². The van der Waals surface area contributed by atoms with Crippen molar-refractivity contribution in [3.05, 3.63) is 17.2 Å². The van der Waals surface area contributed by atoms with Gasteiger partial charge in [-0.2, -0.15) is 0 Å². The highest BCUT2D eigenvalue weighted by molar-refractivity contribution is 5.95. The molecule has 1 saturated heterocycles. The molecular formula is C18H24N2O4. The molecule has 1 aromatic rings. The predicted octanol–water partition coefficient (Wildman–Crippen LogP) is 2.00. The highest BCUT2D eigenvalue weighted by Crippen LogP contribution is 2.52. The monoisotopic (exact) mass is 332 g/mol. The van der Waals surface area contributed by atoms with Crippen LogP contribution in [0.3, 0.4) is 0 Å². The van der Waals surface area contributed by atoms with Gasteiger partial charge >= 0.3 is 0 Å². The Morgan fingerprint density at radius 3 is 2.79 bits per heavy atom. The Kier molecular flexibility index (Phi) is 3.69. The lowest BCUT2D eigenvalue weighted by molar-refractivity contribution is -0.116. The fourth-order valence-corrected chi connectivity index (χ4v) is 4.04. The zero-order valence-corrected chi connectivity index (χ0v) is 14.2. The first kappa shape index (κ1) is 15.7. The van der Waals surface area contributed by atoms with E-state index in [1.54, 1.807) is 0 Å². The van der Waals surface area contributed by atoms with Crippen molar-refractivity contribution >= 4 is 11.6 Å². The van der Waals surface area contributed by atoms with Gasteiger partial charge in [0.05, 0.1) is 18.9 Å². The van der Waals surface area contributed by atoms with Gasteiger partial charge < -0.3 is 19.9 Å². The Labute approximate surface area is 141 Å². The fourth-order valence-electron chi connectivity index (χ4n) is 4.04. The van der Waals surface area contributed by atoms with E-state index in [1.165, 1.54) is 0 Å². The molecule has 6 nitrogen and oxygen atoms in total. The predicted molar refractivity (Wildman–Crippen MR) is 89.5 cm³/mol. The molecule has 0 aliphatic carbocycles. The number of hydrogen-bond donors (Lipinski definition) is 2. The quantitative estimate of drug-likeness (QED) is 0.823. The molecule has 0 spiro atoms. The summed E-state index contributed by atoms with van der Waals surface area (Å²) in [5, 5.41) is 13.5. The summed E-state index contributed by atoms with van der Waals surface area (Å²) in [4.78, 5) is 14.3. The molecule has 0 aromatic heterocycles. The van der Waals surface area contributed by atoms with E-state index >= 15 is 0 Å². The summed E-state index contributed by atoms with van der Waals surface area (Å²) < 4.78 is 11.8. The molecule has 4 rings (SSSR count). The summed E-state index contributed by atoms with van der Waals surface area (Å²) >= 11 is 0. The number of aromatic hydroxyl groups is 1. The largest absolute Gasteiger partial charge is 0.508 e. The number of hydrogen-bond acceptors (Lipinski definition) is 5. The maximum Gasteiger partial charge on any atom is 0.224 e. The number of anilines is 1. The molecule has 3 aliphatic heterocycles. The number of benzene rings is 1. The Bertz CT molecular complexity index is 680. The van der Waals surface area contributed by atoms with Crippen LogP contribution in [0.15, 0.2) is 6.07 Å². The third-order valence-corrected chi connectivity index (χ3v) is 5.38.